The Bertz CT molecular complexity index is 317. The summed E-state index contributed by atoms with van der Waals surface area (Å²) >= 11 is 0. The van der Waals surface area contributed by atoms with Gasteiger partial charge in [-0.3, -0.25) is 4.99 Å². The van der Waals surface area contributed by atoms with Crippen LogP contribution in [-0.4, -0.2) is 64.0 Å². The zero-order valence-corrected chi connectivity index (χ0v) is 16.4. The third-order valence-electron chi connectivity index (χ3n) is 4.56. The van der Waals surface area contributed by atoms with Crippen LogP contribution >= 0.6 is 24.0 Å². The summed E-state index contributed by atoms with van der Waals surface area (Å²) in [6.07, 6.45) is 7.59. The topological polar surface area (TPSA) is 46.1 Å². The summed E-state index contributed by atoms with van der Waals surface area (Å²) in [6.45, 7) is 4.80. The molecular formula is C16H32IN3O2. The van der Waals surface area contributed by atoms with Crippen LogP contribution < -0.4 is 5.32 Å². The predicted octanol–water partition coefficient (Wildman–Crippen LogP) is 2.50. The van der Waals surface area contributed by atoms with Gasteiger partial charge >= 0.3 is 0 Å². The maximum atomic E-state index is 5.65. The monoisotopic (exact) mass is 425 g/mol. The SMILES string of the molecule is CN=C(NCCC1CCCO1)N(C)CCC1CCOCC1.I. The van der Waals surface area contributed by atoms with Crippen LogP contribution in [0, 0.1) is 5.92 Å². The van der Waals surface area contributed by atoms with Gasteiger partial charge in [0.25, 0.3) is 0 Å². The van der Waals surface area contributed by atoms with E-state index in [1.165, 1.54) is 32.1 Å². The van der Waals surface area contributed by atoms with E-state index in [-0.39, 0.29) is 24.0 Å². The first-order chi connectivity index (χ1) is 10.3. The van der Waals surface area contributed by atoms with Crippen molar-refractivity contribution < 1.29 is 9.47 Å². The lowest BCUT2D eigenvalue weighted by molar-refractivity contribution is 0.0625. The van der Waals surface area contributed by atoms with E-state index in [0.717, 1.165) is 51.2 Å². The van der Waals surface area contributed by atoms with Gasteiger partial charge < -0.3 is 19.7 Å². The van der Waals surface area contributed by atoms with Gasteiger partial charge in [0.05, 0.1) is 6.10 Å². The van der Waals surface area contributed by atoms with E-state index >= 15 is 0 Å². The molecule has 0 spiro atoms. The average Bonchev–Trinajstić information content (AvgIpc) is 3.03. The lowest BCUT2D eigenvalue weighted by Gasteiger charge is -2.27. The average molecular weight is 425 g/mol. The van der Waals surface area contributed by atoms with E-state index in [1.807, 2.05) is 7.05 Å². The lowest BCUT2D eigenvalue weighted by Crippen LogP contribution is -2.41. The van der Waals surface area contributed by atoms with Gasteiger partial charge in [0.15, 0.2) is 5.96 Å². The molecule has 2 rings (SSSR count). The standard InChI is InChI=1S/C16H31N3O2.HI/c1-17-16(18-9-5-15-4-3-11-21-15)19(2)10-6-14-7-12-20-13-8-14;/h14-15H,3-13H2,1-2H3,(H,17,18);1H. The summed E-state index contributed by atoms with van der Waals surface area (Å²) < 4.78 is 11.1. The van der Waals surface area contributed by atoms with Crippen molar-refractivity contribution in [2.75, 3.05) is 47.0 Å². The normalized spacial score (nSPS) is 23.2. The Kier molecular flexibility index (Phi) is 10.4. The van der Waals surface area contributed by atoms with Crippen molar-refractivity contribution in [1.82, 2.24) is 10.2 Å². The van der Waals surface area contributed by atoms with Crippen LogP contribution in [0.15, 0.2) is 4.99 Å². The van der Waals surface area contributed by atoms with Gasteiger partial charge in [0.1, 0.15) is 0 Å². The highest BCUT2D eigenvalue weighted by atomic mass is 127. The molecule has 1 unspecified atom stereocenters. The number of hydrogen-bond acceptors (Lipinski definition) is 3. The smallest absolute Gasteiger partial charge is 0.193 e. The number of aliphatic imine (C=N–C) groups is 1. The Morgan fingerprint density at radius 2 is 1.95 bits per heavy atom. The second-order valence-electron chi connectivity index (χ2n) is 6.16. The molecule has 0 radical (unpaired) electrons. The van der Waals surface area contributed by atoms with Gasteiger partial charge in [-0.05, 0) is 44.4 Å². The predicted molar refractivity (Wildman–Crippen MR) is 101 cm³/mol. The molecule has 0 aliphatic carbocycles. The number of hydrogen-bond donors (Lipinski definition) is 1. The van der Waals surface area contributed by atoms with Gasteiger partial charge in [-0.25, -0.2) is 0 Å². The van der Waals surface area contributed by atoms with E-state index in [2.05, 4.69) is 22.3 Å². The van der Waals surface area contributed by atoms with Crippen LogP contribution in [0.2, 0.25) is 0 Å². The van der Waals surface area contributed by atoms with Gasteiger partial charge in [-0.2, -0.15) is 0 Å². The summed E-state index contributed by atoms with van der Waals surface area (Å²) in [5.74, 6) is 1.81. The number of nitrogens with zero attached hydrogens (tertiary/aromatic N) is 2. The fourth-order valence-electron chi connectivity index (χ4n) is 3.12. The molecular weight excluding hydrogens is 393 g/mol. The molecule has 0 saturated carbocycles. The summed E-state index contributed by atoms with van der Waals surface area (Å²) in [6, 6.07) is 0. The molecule has 2 saturated heterocycles. The molecule has 130 valence electrons. The minimum atomic E-state index is 0. The highest BCUT2D eigenvalue weighted by molar-refractivity contribution is 14.0. The quantitative estimate of drug-likeness (QED) is 0.404. The molecule has 2 fully saturated rings. The van der Waals surface area contributed by atoms with E-state index in [0.29, 0.717) is 6.10 Å². The zero-order chi connectivity index (χ0) is 14.9. The fourth-order valence-corrected chi connectivity index (χ4v) is 3.12. The van der Waals surface area contributed by atoms with Crippen LogP contribution in [0.3, 0.4) is 0 Å². The van der Waals surface area contributed by atoms with E-state index in [4.69, 9.17) is 9.47 Å². The van der Waals surface area contributed by atoms with Crippen LogP contribution in [0.25, 0.3) is 0 Å². The number of rotatable bonds is 6. The van der Waals surface area contributed by atoms with Crippen molar-refractivity contribution >= 4 is 29.9 Å². The second kappa shape index (κ2) is 11.5. The Balaban J connectivity index is 0.00000242. The Morgan fingerprint density at radius 3 is 2.59 bits per heavy atom. The van der Waals surface area contributed by atoms with Crippen LogP contribution in [-0.2, 0) is 9.47 Å². The maximum absolute atomic E-state index is 5.65. The molecule has 1 atom stereocenters. The third kappa shape index (κ3) is 7.00. The Labute approximate surface area is 152 Å². The van der Waals surface area contributed by atoms with E-state index in [1.54, 1.807) is 0 Å². The van der Waals surface area contributed by atoms with Gasteiger partial charge in [-0.1, -0.05) is 0 Å². The molecule has 0 aromatic rings. The second-order valence-corrected chi connectivity index (χ2v) is 6.16. The number of nitrogens with one attached hydrogen (secondary N) is 1. The first kappa shape index (κ1) is 20.0. The minimum absolute atomic E-state index is 0. The van der Waals surface area contributed by atoms with Crippen molar-refractivity contribution in [2.24, 2.45) is 10.9 Å². The highest BCUT2D eigenvalue weighted by Crippen LogP contribution is 2.18. The van der Waals surface area contributed by atoms with E-state index in [9.17, 15) is 0 Å². The fraction of sp³-hybridized carbons (Fsp3) is 0.938. The number of guanidine groups is 1. The molecule has 2 heterocycles. The largest absolute Gasteiger partial charge is 0.381 e. The summed E-state index contributed by atoms with van der Waals surface area (Å²) in [7, 11) is 3.99. The summed E-state index contributed by atoms with van der Waals surface area (Å²) in [5, 5.41) is 3.46. The zero-order valence-electron chi connectivity index (χ0n) is 14.1. The Hall–Kier alpha value is -0.0800. The molecule has 2 aliphatic rings. The molecule has 0 aromatic heterocycles. The molecule has 6 heteroatoms. The lowest BCUT2D eigenvalue weighted by atomic mass is 9.96. The minimum Gasteiger partial charge on any atom is -0.381 e. The van der Waals surface area contributed by atoms with Crippen molar-refractivity contribution in [3.63, 3.8) is 0 Å². The molecule has 2 aliphatic heterocycles. The molecule has 1 N–H and O–H groups in total. The van der Waals surface area contributed by atoms with Crippen molar-refractivity contribution in [3.05, 3.63) is 0 Å². The first-order valence-electron chi connectivity index (χ1n) is 8.40. The Morgan fingerprint density at radius 1 is 1.18 bits per heavy atom. The molecule has 0 aromatic carbocycles. The number of halogens is 1. The summed E-state index contributed by atoms with van der Waals surface area (Å²) in [4.78, 5) is 6.62. The number of ether oxygens (including phenoxy) is 2. The van der Waals surface area contributed by atoms with Gasteiger partial charge in [-0.15, -0.1) is 24.0 Å². The van der Waals surface area contributed by atoms with Crippen molar-refractivity contribution in [1.29, 1.82) is 0 Å². The molecule has 22 heavy (non-hydrogen) atoms. The van der Waals surface area contributed by atoms with Crippen LogP contribution in [0.1, 0.15) is 38.5 Å². The summed E-state index contributed by atoms with van der Waals surface area (Å²) in [5.41, 5.74) is 0. The highest BCUT2D eigenvalue weighted by Gasteiger charge is 2.17. The van der Waals surface area contributed by atoms with Crippen LogP contribution in [0.4, 0.5) is 0 Å². The maximum Gasteiger partial charge on any atom is 0.193 e. The molecule has 0 amide bonds. The molecule has 5 nitrogen and oxygen atoms in total. The van der Waals surface area contributed by atoms with Gasteiger partial charge in [0.2, 0.25) is 0 Å². The van der Waals surface area contributed by atoms with Crippen LogP contribution in [0.5, 0.6) is 0 Å². The third-order valence-corrected chi connectivity index (χ3v) is 4.56. The van der Waals surface area contributed by atoms with E-state index < -0.39 is 0 Å². The van der Waals surface area contributed by atoms with Gasteiger partial charge in [0, 0.05) is 47.0 Å². The molecule has 0 bridgehead atoms. The first-order valence-corrected chi connectivity index (χ1v) is 8.40. The van der Waals surface area contributed by atoms with Crippen molar-refractivity contribution in [3.8, 4) is 0 Å². The van der Waals surface area contributed by atoms with Crippen molar-refractivity contribution in [2.45, 2.75) is 44.6 Å².